The molecule has 1 aromatic carbocycles. The van der Waals surface area contributed by atoms with Gasteiger partial charge in [0.1, 0.15) is 0 Å². The monoisotopic (exact) mass is 256 g/mol. The number of fused-ring (bicyclic) bond motifs is 2. The van der Waals surface area contributed by atoms with E-state index in [4.69, 9.17) is 0 Å². The Kier molecular flexibility index (Phi) is 3.26. The molecule has 2 heteroatoms. The average Bonchev–Trinajstić information content (AvgIpc) is 2.99. The van der Waals surface area contributed by atoms with Gasteiger partial charge in [-0.2, -0.15) is 0 Å². The smallest absolute Gasteiger partial charge is 0.0411 e. The molecule has 19 heavy (non-hydrogen) atoms. The van der Waals surface area contributed by atoms with Crippen LogP contribution >= 0.6 is 0 Å². The van der Waals surface area contributed by atoms with Crippen molar-refractivity contribution in [1.82, 2.24) is 0 Å². The summed E-state index contributed by atoms with van der Waals surface area (Å²) >= 11 is 0. The highest BCUT2D eigenvalue weighted by Crippen LogP contribution is 2.43. The summed E-state index contributed by atoms with van der Waals surface area (Å²) in [5, 5.41) is 3.63. The Morgan fingerprint density at radius 3 is 2.68 bits per heavy atom. The van der Waals surface area contributed by atoms with Crippen molar-refractivity contribution in [2.75, 3.05) is 30.9 Å². The molecule has 3 atom stereocenters. The minimum atomic E-state index is 0.830. The van der Waals surface area contributed by atoms with E-state index in [9.17, 15) is 0 Å². The van der Waals surface area contributed by atoms with Crippen LogP contribution in [0.5, 0.6) is 0 Å². The van der Waals surface area contributed by atoms with Crippen LogP contribution in [0.25, 0.3) is 0 Å². The van der Waals surface area contributed by atoms with E-state index in [0.717, 1.165) is 24.3 Å². The SMILES string of the molecule is Cc1ccc(NCC2CC3C=CC2C3)cc1N(C)C. The lowest BCUT2D eigenvalue weighted by Crippen LogP contribution is -2.18. The zero-order valence-corrected chi connectivity index (χ0v) is 12.2. The Labute approximate surface area is 116 Å². The number of nitrogens with one attached hydrogen (secondary N) is 1. The fraction of sp³-hybridized carbons (Fsp3) is 0.529. The third kappa shape index (κ3) is 2.49. The number of rotatable bonds is 4. The Morgan fingerprint density at radius 2 is 2.05 bits per heavy atom. The lowest BCUT2D eigenvalue weighted by atomic mass is 9.93. The largest absolute Gasteiger partial charge is 0.385 e. The Bertz CT molecular complexity index is 490. The van der Waals surface area contributed by atoms with Gasteiger partial charge >= 0.3 is 0 Å². The Morgan fingerprint density at radius 1 is 1.21 bits per heavy atom. The number of aryl methyl sites for hydroxylation is 1. The molecule has 2 nitrogen and oxygen atoms in total. The Balaban J connectivity index is 1.64. The van der Waals surface area contributed by atoms with Gasteiger partial charge in [-0.25, -0.2) is 0 Å². The maximum atomic E-state index is 3.63. The van der Waals surface area contributed by atoms with Crippen LogP contribution in [0.3, 0.4) is 0 Å². The van der Waals surface area contributed by atoms with Crippen molar-refractivity contribution in [3.8, 4) is 0 Å². The normalized spacial score (nSPS) is 27.8. The van der Waals surface area contributed by atoms with Crippen LogP contribution in [-0.2, 0) is 0 Å². The minimum Gasteiger partial charge on any atom is -0.385 e. The summed E-state index contributed by atoms with van der Waals surface area (Å²) in [7, 11) is 4.21. The minimum absolute atomic E-state index is 0.830. The van der Waals surface area contributed by atoms with Gasteiger partial charge in [0.05, 0.1) is 0 Å². The second kappa shape index (κ2) is 4.92. The fourth-order valence-corrected chi connectivity index (χ4v) is 3.58. The summed E-state index contributed by atoms with van der Waals surface area (Å²) in [6, 6.07) is 6.67. The van der Waals surface area contributed by atoms with Gasteiger partial charge in [0.15, 0.2) is 0 Å². The second-order valence-corrected chi connectivity index (χ2v) is 6.32. The van der Waals surface area contributed by atoms with Gasteiger partial charge in [0.2, 0.25) is 0 Å². The van der Waals surface area contributed by atoms with E-state index in [0.29, 0.717) is 0 Å². The van der Waals surface area contributed by atoms with Crippen LogP contribution in [0.1, 0.15) is 18.4 Å². The van der Waals surface area contributed by atoms with Crippen molar-refractivity contribution in [2.24, 2.45) is 17.8 Å². The third-order valence-corrected chi connectivity index (χ3v) is 4.68. The molecule has 0 aliphatic heterocycles. The summed E-state index contributed by atoms with van der Waals surface area (Å²) in [5.41, 5.74) is 3.89. The van der Waals surface area contributed by atoms with Crippen molar-refractivity contribution in [1.29, 1.82) is 0 Å². The van der Waals surface area contributed by atoms with Gasteiger partial charge in [-0.3, -0.25) is 0 Å². The molecule has 2 aliphatic carbocycles. The van der Waals surface area contributed by atoms with Gasteiger partial charge in [-0.05, 0) is 55.2 Å². The van der Waals surface area contributed by atoms with Crippen LogP contribution in [0, 0.1) is 24.7 Å². The summed E-state index contributed by atoms with van der Waals surface area (Å²) in [6.07, 6.45) is 7.61. The molecule has 0 aromatic heterocycles. The van der Waals surface area contributed by atoms with E-state index in [1.165, 1.54) is 29.8 Å². The quantitative estimate of drug-likeness (QED) is 0.827. The molecule has 0 amide bonds. The molecule has 0 saturated heterocycles. The molecule has 3 unspecified atom stereocenters. The first kappa shape index (κ1) is 12.6. The molecule has 3 rings (SSSR count). The van der Waals surface area contributed by atoms with Crippen LogP contribution in [0.15, 0.2) is 30.4 Å². The van der Waals surface area contributed by atoms with Crippen LogP contribution in [0.4, 0.5) is 11.4 Å². The van der Waals surface area contributed by atoms with Crippen LogP contribution in [0.2, 0.25) is 0 Å². The third-order valence-electron chi connectivity index (χ3n) is 4.68. The first-order valence-electron chi connectivity index (χ1n) is 7.33. The topological polar surface area (TPSA) is 15.3 Å². The lowest BCUT2D eigenvalue weighted by Gasteiger charge is -2.21. The van der Waals surface area contributed by atoms with E-state index in [1.807, 2.05) is 0 Å². The number of allylic oxidation sites excluding steroid dienone is 2. The highest BCUT2D eigenvalue weighted by atomic mass is 15.1. The zero-order valence-electron chi connectivity index (χ0n) is 12.2. The average molecular weight is 256 g/mol. The number of anilines is 2. The maximum Gasteiger partial charge on any atom is 0.0411 e. The molecule has 0 heterocycles. The maximum absolute atomic E-state index is 3.63. The number of benzene rings is 1. The number of nitrogens with zero attached hydrogens (tertiary/aromatic N) is 1. The van der Waals surface area contributed by atoms with Crippen molar-refractivity contribution >= 4 is 11.4 Å². The van der Waals surface area contributed by atoms with Crippen LogP contribution in [-0.4, -0.2) is 20.6 Å². The molecule has 0 radical (unpaired) electrons. The summed E-state index contributed by atoms with van der Waals surface area (Å²) in [4.78, 5) is 2.18. The van der Waals surface area contributed by atoms with Crippen molar-refractivity contribution in [3.63, 3.8) is 0 Å². The van der Waals surface area contributed by atoms with Crippen molar-refractivity contribution in [2.45, 2.75) is 19.8 Å². The summed E-state index contributed by atoms with van der Waals surface area (Å²) in [6.45, 7) is 3.28. The second-order valence-electron chi connectivity index (χ2n) is 6.32. The highest BCUT2D eigenvalue weighted by Gasteiger charge is 2.35. The van der Waals surface area contributed by atoms with Crippen molar-refractivity contribution < 1.29 is 0 Å². The molecule has 1 fully saturated rings. The predicted molar refractivity (Wildman–Crippen MR) is 82.8 cm³/mol. The van der Waals surface area contributed by atoms with Crippen LogP contribution < -0.4 is 10.2 Å². The molecule has 102 valence electrons. The first-order valence-corrected chi connectivity index (χ1v) is 7.33. The van der Waals surface area contributed by atoms with Crippen molar-refractivity contribution in [3.05, 3.63) is 35.9 Å². The fourth-order valence-electron chi connectivity index (χ4n) is 3.58. The van der Waals surface area contributed by atoms with Gasteiger partial charge < -0.3 is 10.2 Å². The van der Waals surface area contributed by atoms with E-state index < -0.39 is 0 Å². The Hall–Kier alpha value is -1.44. The molecular weight excluding hydrogens is 232 g/mol. The molecular formula is C17H24N2. The standard InChI is InChI=1S/C17H24N2/c1-12-4-7-16(10-17(12)19(2)3)18-11-15-9-13-5-6-14(15)8-13/h4-7,10,13-15,18H,8-9,11H2,1-3H3. The zero-order chi connectivity index (χ0) is 13.4. The van der Waals surface area contributed by atoms with E-state index in [1.54, 1.807) is 0 Å². The first-order chi connectivity index (χ1) is 9.13. The van der Waals surface area contributed by atoms with E-state index in [2.05, 4.69) is 61.6 Å². The van der Waals surface area contributed by atoms with Gasteiger partial charge in [-0.1, -0.05) is 18.2 Å². The van der Waals surface area contributed by atoms with E-state index in [-0.39, 0.29) is 0 Å². The molecule has 2 bridgehead atoms. The van der Waals surface area contributed by atoms with Gasteiger partial charge in [0, 0.05) is 32.0 Å². The molecule has 1 aromatic rings. The number of hydrogen-bond donors (Lipinski definition) is 1. The van der Waals surface area contributed by atoms with E-state index >= 15 is 0 Å². The van der Waals surface area contributed by atoms with Gasteiger partial charge in [-0.15, -0.1) is 0 Å². The highest BCUT2D eigenvalue weighted by molar-refractivity contribution is 5.61. The van der Waals surface area contributed by atoms with Gasteiger partial charge in [0.25, 0.3) is 0 Å². The molecule has 1 saturated carbocycles. The number of hydrogen-bond acceptors (Lipinski definition) is 2. The molecule has 2 aliphatic rings. The summed E-state index contributed by atoms with van der Waals surface area (Å²) in [5.74, 6) is 2.53. The predicted octanol–water partition coefficient (Wildman–Crippen LogP) is 3.69. The summed E-state index contributed by atoms with van der Waals surface area (Å²) < 4.78 is 0. The molecule has 1 N–H and O–H groups in total. The lowest BCUT2D eigenvalue weighted by molar-refractivity contribution is 0.472. The molecule has 0 spiro atoms.